The van der Waals surface area contributed by atoms with Crippen LogP contribution in [0.2, 0.25) is 5.02 Å². The molecule has 45 heavy (non-hydrogen) atoms. The summed E-state index contributed by atoms with van der Waals surface area (Å²) < 4.78 is 19.4. The molecule has 2 saturated carbocycles. The molecule has 5 rings (SSSR count). The quantitative estimate of drug-likeness (QED) is 0.271. The van der Waals surface area contributed by atoms with Crippen LogP contribution < -0.4 is 0 Å². The van der Waals surface area contributed by atoms with Crippen molar-refractivity contribution < 1.29 is 23.8 Å². The van der Waals surface area contributed by atoms with Crippen LogP contribution in [-0.2, 0) is 23.8 Å². The maximum Gasteiger partial charge on any atom is 0.348 e. The van der Waals surface area contributed by atoms with Gasteiger partial charge in [-0.3, -0.25) is 4.79 Å². The van der Waals surface area contributed by atoms with Crippen LogP contribution in [0.3, 0.4) is 0 Å². The van der Waals surface area contributed by atoms with Crippen LogP contribution in [0.1, 0.15) is 97.1 Å². The molecule has 0 radical (unpaired) electrons. The van der Waals surface area contributed by atoms with Gasteiger partial charge in [-0.25, -0.2) is 4.79 Å². The molecule has 0 bridgehead atoms. The highest BCUT2D eigenvalue weighted by atomic mass is 35.5. The maximum atomic E-state index is 14.5. The van der Waals surface area contributed by atoms with E-state index in [0.717, 1.165) is 49.7 Å². The normalized spacial score (nSPS) is 32.0. The SMILES string of the molecule is CC(C)[C@@H]1CC[C@@H](C)C[C@H]1OC(=O)[C@H]1[C@@H](C(=O)O[C@@H]2C[C@H](C)CC[C@H]2C(C)C)OC(c2ccccc2)=C[C@@H]1c1ccc(Cl)cc1. The lowest BCUT2D eigenvalue weighted by molar-refractivity contribution is -0.180. The van der Waals surface area contributed by atoms with Crippen molar-refractivity contribution in [2.24, 2.45) is 41.4 Å². The highest BCUT2D eigenvalue weighted by molar-refractivity contribution is 6.30. The summed E-state index contributed by atoms with van der Waals surface area (Å²) in [6, 6.07) is 17.3. The summed E-state index contributed by atoms with van der Waals surface area (Å²) >= 11 is 6.29. The van der Waals surface area contributed by atoms with Gasteiger partial charge in [0, 0.05) is 16.5 Å². The number of ether oxygens (including phenoxy) is 3. The highest BCUT2D eigenvalue weighted by Crippen LogP contribution is 2.44. The summed E-state index contributed by atoms with van der Waals surface area (Å²) in [7, 11) is 0. The van der Waals surface area contributed by atoms with Gasteiger partial charge in [-0.15, -0.1) is 0 Å². The van der Waals surface area contributed by atoms with Crippen molar-refractivity contribution in [2.45, 2.75) is 104 Å². The number of esters is 2. The average molecular weight is 635 g/mol. The number of benzene rings is 2. The van der Waals surface area contributed by atoms with E-state index in [1.165, 1.54) is 0 Å². The van der Waals surface area contributed by atoms with Crippen molar-refractivity contribution in [2.75, 3.05) is 0 Å². The number of allylic oxidation sites excluding steroid dienone is 1. The molecule has 9 atom stereocenters. The van der Waals surface area contributed by atoms with Crippen molar-refractivity contribution in [3.63, 3.8) is 0 Å². The summed E-state index contributed by atoms with van der Waals surface area (Å²) in [6.45, 7) is 13.2. The van der Waals surface area contributed by atoms with Crippen LogP contribution in [0.25, 0.3) is 5.76 Å². The molecule has 0 amide bonds. The van der Waals surface area contributed by atoms with E-state index in [2.05, 4.69) is 41.5 Å². The molecule has 3 aliphatic rings. The highest BCUT2D eigenvalue weighted by Gasteiger charge is 2.49. The summed E-state index contributed by atoms with van der Waals surface area (Å²) in [5.74, 6) is 0.546. The van der Waals surface area contributed by atoms with Crippen molar-refractivity contribution in [1.82, 2.24) is 0 Å². The molecule has 0 unspecified atom stereocenters. The zero-order valence-electron chi connectivity index (χ0n) is 27.8. The van der Waals surface area contributed by atoms with Gasteiger partial charge >= 0.3 is 11.9 Å². The second kappa shape index (κ2) is 14.8. The topological polar surface area (TPSA) is 61.8 Å². The summed E-state index contributed by atoms with van der Waals surface area (Å²) in [5, 5.41) is 0.607. The first kappa shape index (κ1) is 33.6. The lowest BCUT2D eigenvalue weighted by atomic mass is 9.75. The van der Waals surface area contributed by atoms with Gasteiger partial charge in [0.1, 0.15) is 23.9 Å². The van der Waals surface area contributed by atoms with Gasteiger partial charge in [-0.2, -0.15) is 0 Å². The van der Waals surface area contributed by atoms with Crippen LogP contribution in [0.5, 0.6) is 0 Å². The maximum absolute atomic E-state index is 14.5. The number of carbonyl (C=O) groups excluding carboxylic acids is 2. The minimum Gasteiger partial charge on any atom is -0.477 e. The molecule has 2 aromatic rings. The first-order valence-corrected chi connectivity index (χ1v) is 17.5. The lowest BCUT2D eigenvalue weighted by Gasteiger charge is -2.41. The summed E-state index contributed by atoms with van der Waals surface area (Å²) in [4.78, 5) is 28.9. The Morgan fingerprint density at radius 1 is 0.756 bits per heavy atom. The Bertz CT molecular complexity index is 1320. The standard InChI is InChI=1S/C39H51ClO5/c1-23(2)30-18-12-25(5)20-34(30)44-38(41)36-32(27-14-16-29(40)17-15-27)22-33(28-10-8-7-9-11-28)43-37(36)39(42)45-35-21-26(6)13-19-31(35)24(3)4/h7-11,14-17,22-26,30-32,34-37H,12-13,18-21H2,1-6H3/t25-,26-,30+,31+,32-,34-,35-,36-,37+/m1/s1. The molecular formula is C39H51ClO5. The van der Waals surface area contributed by atoms with Crippen LogP contribution in [-0.4, -0.2) is 30.3 Å². The zero-order valence-corrected chi connectivity index (χ0v) is 28.5. The van der Waals surface area contributed by atoms with Crippen LogP contribution in [0.4, 0.5) is 0 Å². The lowest BCUT2D eigenvalue weighted by Crippen LogP contribution is -2.48. The molecule has 0 N–H and O–H groups in total. The Morgan fingerprint density at radius 2 is 1.29 bits per heavy atom. The molecule has 5 nitrogen and oxygen atoms in total. The molecule has 2 fully saturated rings. The second-order valence-electron chi connectivity index (χ2n) is 14.6. The molecule has 1 heterocycles. The number of hydrogen-bond acceptors (Lipinski definition) is 5. The van der Waals surface area contributed by atoms with E-state index in [1.54, 1.807) is 0 Å². The van der Waals surface area contributed by atoms with Crippen molar-refractivity contribution in [1.29, 1.82) is 0 Å². The fourth-order valence-corrected chi connectivity index (χ4v) is 8.00. The average Bonchev–Trinajstić information content (AvgIpc) is 3.01. The fourth-order valence-electron chi connectivity index (χ4n) is 7.87. The van der Waals surface area contributed by atoms with Gasteiger partial charge in [0.25, 0.3) is 0 Å². The third-order valence-corrected chi connectivity index (χ3v) is 10.8. The van der Waals surface area contributed by atoms with Crippen molar-refractivity contribution in [3.8, 4) is 0 Å². The smallest absolute Gasteiger partial charge is 0.348 e. The Balaban J connectivity index is 1.54. The third kappa shape index (κ3) is 7.96. The van der Waals surface area contributed by atoms with Crippen LogP contribution in [0, 0.1) is 41.4 Å². The van der Waals surface area contributed by atoms with Crippen molar-refractivity contribution >= 4 is 29.3 Å². The number of hydrogen-bond donors (Lipinski definition) is 0. The largest absolute Gasteiger partial charge is 0.477 e. The van der Waals surface area contributed by atoms with E-state index in [9.17, 15) is 9.59 Å². The van der Waals surface area contributed by atoms with E-state index in [0.29, 0.717) is 34.5 Å². The fraction of sp³-hybridized carbons (Fsp3) is 0.590. The Labute approximate surface area is 275 Å². The van der Waals surface area contributed by atoms with Crippen LogP contribution in [0.15, 0.2) is 60.7 Å². The molecule has 2 aromatic carbocycles. The van der Waals surface area contributed by atoms with E-state index in [-0.39, 0.29) is 24.0 Å². The first-order chi connectivity index (χ1) is 21.5. The number of carbonyl (C=O) groups is 2. The van der Waals surface area contributed by atoms with E-state index >= 15 is 0 Å². The number of rotatable bonds is 8. The van der Waals surface area contributed by atoms with Crippen molar-refractivity contribution in [3.05, 3.63) is 76.8 Å². The Hall–Kier alpha value is -2.79. The predicted octanol–water partition coefficient (Wildman–Crippen LogP) is 9.49. The first-order valence-electron chi connectivity index (χ1n) is 17.1. The second-order valence-corrected chi connectivity index (χ2v) is 15.1. The van der Waals surface area contributed by atoms with Gasteiger partial charge in [0.15, 0.2) is 0 Å². The molecule has 6 heteroatoms. The van der Waals surface area contributed by atoms with E-state index in [4.69, 9.17) is 25.8 Å². The molecule has 244 valence electrons. The van der Waals surface area contributed by atoms with Gasteiger partial charge in [-0.05, 0) is 85.0 Å². The van der Waals surface area contributed by atoms with E-state index in [1.807, 2.05) is 60.7 Å². The molecule has 2 aliphatic carbocycles. The van der Waals surface area contributed by atoms with Crippen LogP contribution >= 0.6 is 11.6 Å². The minimum absolute atomic E-state index is 0.201. The molecular weight excluding hydrogens is 584 g/mol. The summed E-state index contributed by atoms with van der Waals surface area (Å²) in [5.41, 5.74) is 1.72. The monoisotopic (exact) mass is 634 g/mol. The third-order valence-electron chi connectivity index (χ3n) is 10.6. The van der Waals surface area contributed by atoms with Gasteiger partial charge in [-0.1, -0.05) is 108 Å². The Kier molecular flexibility index (Phi) is 11.0. The molecule has 1 aliphatic heterocycles. The van der Waals surface area contributed by atoms with Gasteiger partial charge < -0.3 is 14.2 Å². The zero-order chi connectivity index (χ0) is 32.2. The molecule has 0 saturated heterocycles. The molecule has 0 aromatic heterocycles. The van der Waals surface area contributed by atoms with Gasteiger partial charge in [0.2, 0.25) is 6.10 Å². The molecule has 0 spiro atoms. The minimum atomic E-state index is -1.15. The summed E-state index contributed by atoms with van der Waals surface area (Å²) in [6.07, 6.45) is 6.34. The van der Waals surface area contributed by atoms with Gasteiger partial charge in [0.05, 0.1) is 0 Å². The Morgan fingerprint density at radius 3 is 1.82 bits per heavy atom. The predicted molar refractivity (Wildman–Crippen MR) is 179 cm³/mol. The van der Waals surface area contributed by atoms with E-state index < -0.39 is 29.9 Å². The number of halogens is 1.